The van der Waals surface area contributed by atoms with Crippen molar-refractivity contribution in [1.82, 2.24) is 4.90 Å². The average molecular weight is 376 g/mol. The van der Waals surface area contributed by atoms with E-state index in [0.717, 1.165) is 17.0 Å². The molecule has 0 aliphatic carbocycles. The highest BCUT2D eigenvalue weighted by molar-refractivity contribution is 5.94. The van der Waals surface area contributed by atoms with Crippen LogP contribution in [0.4, 0.5) is 23.7 Å². The number of hydrogen-bond donors (Lipinski definition) is 2. The standard InChI is InChI=1S/C15H16F3N3O5/c1-20(9-13(23)21-6-7-25-14(21)24)8-12(22)19-10-2-4-11(5-3-10)26-15(16,17)18/h2-5H,6-9H2,1H3,(H,19,22)/p+1. The van der Waals surface area contributed by atoms with Gasteiger partial charge in [-0.2, -0.15) is 0 Å². The molecule has 1 aliphatic heterocycles. The summed E-state index contributed by atoms with van der Waals surface area (Å²) < 4.78 is 44.6. The Morgan fingerprint density at radius 1 is 1.27 bits per heavy atom. The predicted octanol–water partition coefficient (Wildman–Crippen LogP) is 0.0172. The second-order valence-electron chi connectivity index (χ2n) is 5.59. The summed E-state index contributed by atoms with van der Waals surface area (Å²) in [4.78, 5) is 36.7. The molecule has 1 atom stereocenters. The first-order valence-electron chi connectivity index (χ1n) is 7.58. The lowest BCUT2D eigenvalue weighted by molar-refractivity contribution is -0.862. The van der Waals surface area contributed by atoms with Gasteiger partial charge < -0.3 is 19.7 Å². The van der Waals surface area contributed by atoms with Crippen LogP contribution in [-0.4, -0.2) is 62.5 Å². The Labute approximate surface area is 146 Å². The molecule has 0 bridgehead atoms. The van der Waals surface area contributed by atoms with Gasteiger partial charge in [-0.3, -0.25) is 9.59 Å². The minimum absolute atomic E-state index is 0.0740. The first-order valence-corrected chi connectivity index (χ1v) is 7.58. The highest BCUT2D eigenvalue weighted by Crippen LogP contribution is 2.23. The van der Waals surface area contributed by atoms with Gasteiger partial charge in [-0.05, 0) is 24.3 Å². The van der Waals surface area contributed by atoms with Crippen molar-refractivity contribution >= 4 is 23.6 Å². The van der Waals surface area contributed by atoms with Crippen molar-refractivity contribution in [3.63, 3.8) is 0 Å². The van der Waals surface area contributed by atoms with E-state index in [2.05, 4.69) is 14.8 Å². The number of benzene rings is 1. The summed E-state index contributed by atoms with van der Waals surface area (Å²) in [6.07, 6.45) is -5.49. The monoisotopic (exact) mass is 376 g/mol. The number of alkyl halides is 3. The second kappa shape index (κ2) is 8.04. The Balaban J connectivity index is 1.80. The van der Waals surface area contributed by atoms with Crippen LogP contribution in [0.5, 0.6) is 5.75 Å². The molecule has 142 valence electrons. The molecule has 11 heteroatoms. The number of quaternary nitrogens is 1. The summed E-state index contributed by atoms with van der Waals surface area (Å²) in [7, 11) is 1.60. The number of amides is 3. The van der Waals surface area contributed by atoms with Gasteiger partial charge in [0.1, 0.15) is 12.4 Å². The van der Waals surface area contributed by atoms with Gasteiger partial charge in [-0.1, -0.05) is 0 Å². The average Bonchev–Trinajstić information content (AvgIpc) is 2.93. The van der Waals surface area contributed by atoms with Gasteiger partial charge >= 0.3 is 12.5 Å². The lowest BCUT2D eigenvalue weighted by Crippen LogP contribution is -3.11. The fraction of sp³-hybridized carbons (Fsp3) is 0.400. The first-order chi connectivity index (χ1) is 12.1. The minimum Gasteiger partial charge on any atom is -0.447 e. The fourth-order valence-corrected chi connectivity index (χ4v) is 2.26. The number of nitrogens with zero attached hydrogens (tertiary/aromatic N) is 1. The summed E-state index contributed by atoms with van der Waals surface area (Å²) >= 11 is 0. The second-order valence-corrected chi connectivity index (χ2v) is 5.59. The first kappa shape index (κ1) is 19.5. The normalized spacial score (nSPS) is 15.4. The molecule has 1 aromatic carbocycles. The van der Waals surface area contributed by atoms with Gasteiger partial charge in [0.25, 0.3) is 11.8 Å². The molecule has 1 aromatic rings. The number of likely N-dealkylation sites (N-methyl/N-ethyl adjacent to an activating group) is 1. The molecule has 1 heterocycles. The van der Waals surface area contributed by atoms with Crippen LogP contribution < -0.4 is 15.0 Å². The third-order valence-electron chi connectivity index (χ3n) is 3.35. The van der Waals surface area contributed by atoms with Crippen LogP contribution in [0.25, 0.3) is 0 Å². The predicted molar refractivity (Wildman–Crippen MR) is 81.4 cm³/mol. The van der Waals surface area contributed by atoms with Gasteiger partial charge in [0, 0.05) is 5.69 Å². The topological polar surface area (TPSA) is 89.4 Å². The van der Waals surface area contributed by atoms with Crippen molar-refractivity contribution in [3.8, 4) is 5.75 Å². The summed E-state index contributed by atoms with van der Waals surface area (Å²) in [5, 5.41) is 2.50. The molecule has 26 heavy (non-hydrogen) atoms. The van der Waals surface area contributed by atoms with E-state index >= 15 is 0 Å². The van der Waals surface area contributed by atoms with Gasteiger partial charge in [0.2, 0.25) is 0 Å². The Kier molecular flexibility index (Phi) is 6.03. The van der Waals surface area contributed by atoms with E-state index in [9.17, 15) is 27.6 Å². The van der Waals surface area contributed by atoms with E-state index in [4.69, 9.17) is 0 Å². The number of cyclic esters (lactones) is 1. The molecule has 1 saturated heterocycles. The Morgan fingerprint density at radius 2 is 1.92 bits per heavy atom. The zero-order valence-electron chi connectivity index (χ0n) is 13.8. The van der Waals surface area contributed by atoms with Crippen LogP contribution in [0.1, 0.15) is 0 Å². The SMILES string of the molecule is C[NH+](CC(=O)Nc1ccc(OC(F)(F)F)cc1)CC(=O)N1CCOC1=O. The van der Waals surface area contributed by atoms with Crippen LogP contribution in [0.2, 0.25) is 0 Å². The van der Waals surface area contributed by atoms with Crippen LogP contribution >= 0.6 is 0 Å². The van der Waals surface area contributed by atoms with E-state index in [0.29, 0.717) is 4.90 Å². The smallest absolute Gasteiger partial charge is 0.447 e. The lowest BCUT2D eigenvalue weighted by atomic mass is 10.3. The summed E-state index contributed by atoms with van der Waals surface area (Å²) in [6, 6.07) is 4.67. The molecule has 3 amide bonds. The number of carbonyl (C=O) groups excluding carboxylic acids is 3. The molecule has 2 N–H and O–H groups in total. The zero-order valence-corrected chi connectivity index (χ0v) is 13.8. The largest absolute Gasteiger partial charge is 0.573 e. The maximum absolute atomic E-state index is 12.1. The quantitative estimate of drug-likeness (QED) is 0.731. The Bertz CT molecular complexity index is 678. The maximum Gasteiger partial charge on any atom is 0.573 e. The lowest BCUT2D eigenvalue weighted by Gasteiger charge is -2.16. The molecule has 8 nitrogen and oxygen atoms in total. The summed E-state index contributed by atoms with van der Waals surface area (Å²) in [5.74, 6) is -1.29. The van der Waals surface area contributed by atoms with Crippen molar-refractivity contribution in [2.24, 2.45) is 0 Å². The summed E-state index contributed by atoms with van der Waals surface area (Å²) in [6.45, 7) is 0.179. The molecule has 2 rings (SSSR count). The molecule has 0 saturated carbocycles. The van der Waals surface area contributed by atoms with Gasteiger partial charge in [0.15, 0.2) is 13.1 Å². The molecule has 1 aliphatic rings. The van der Waals surface area contributed by atoms with Gasteiger partial charge in [-0.25, -0.2) is 9.69 Å². The van der Waals surface area contributed by atoms with E-state index < -0.39 is 30.0 Å². The molecule has 0 aromatic heterocycles. The van der Waals surface area contributed by atoms with Crippen molar-refractivity contribution in [3.05, 3.63) is 24.3 Å². The number of imide groups is 1. The number of ether oxygens (including phenoxy) is 2. The van der Waals surface area contributed by atoms with Crippen molar-refractivity contribution in [2.75, 3.05) is 38.6 Å². The molecule has 1 fully saturated rings. The van der Waals surface area contributed by atoms with Crippen LogP contribution in [0.15, 0.2) is 24.3 Å². The van der Waals surface area contributed by atoms with Crippen molar-refractivity contribution in [1.29, 1.82) is 0 Å². The summed E-state index contributed by atoms with van der Waals surface area (Å²) in [5.41, 5.74) is 0.284. The highest BCUT2D eigenvalue weighted by Gasteiger charge is 2.31. The van der Waals surface area contributed by atoms with Crippen LogP contribution in [0, 0.1) is 0 Å². The van der Waals surface area contributed by atoms with Crippen LogP contribution in [0.3, 0.4) is 0 Å². The maximum atomic E-state index is 12.1. The third-order valence-corrected chi connectivity index (χ3v) is 3.35. The molecule has 0 spiro atoms. The Hall–Kier alpha value is -2.82. The Morgan fingerprint density at radius 3 is 2.46 bits per heavy atom. The molecule has 1 unspecified atom stereocenters. The minimum atomic E-state index is -4.79. The van der Waals surface area contributed by atoms with E-state index in [1.807, 2.05) is 0 Å². The number of rotatable bonds is 6. The van der Waals surface area contributed by atoms with Crippen LogP contribution in [-0.2, 0) is 14.3 Å². The number of halogens is 3. The van der Waals surface area contributed by atoms with Gasteiger partial charge in [0.05, 0.1) is 13.6 Å². The number of anilines is 1. The highest BCUT2D eigenvalue weighted by atomic mass is 19.4. The zero-order chi connectivity index (χ0) is 19.3. The van der Waals surface area contributed by atoms with Gasteiger partial charge in [-0.15, -0.1) is 13.2 Å². The third kappa shape index (κ3) is 5.92. The van der Waals surface area contributed by atoms with Crippen molar-refractivity contribution < 1.29 is 41.9 Å². The number of carbonyl (C=O) groups is 3. The molecular formula is C15H17F3N3O5+. The number of hydrogen-bond acceptors (Lipinski definition) is 5. The van der Waals surface area contributed by atoms with E-state index in [-0.39, 0.29) is 31.9 Å². The fourth-order valence-electron chi connectivity index (χ4n) is 2.26. The molecular weight excluding hydrogens is 359 g/mol. The van der Waals surface area contributed by atoms with E-state index in [1.54, 1.807) is 7.05 Å². The molecule has 0 radical (unpaired) electrons. The number of nitrogens with one attached hydrogen (secondary N) is 2. The van der Waals surface area contributed by atoms with Crippen molar-refractivity contribution in [2.45, 2.75) is 6.36 Å². The van der Waals surface area contributed by atoms with E-state index in [1.165, 1.54) is 12.1 Å².